The molecule has 0 saturated heterocycles. The Balaban J connectivity index is 1.76. The van der Waals surface area contributed by atoms with E-state index >= 15 is 0 Å². The molecule has 8 heteroatoms. The Hall–Kier alpha value is -2.87. The summed E-state index contributed by atoms with van der Waals surface area (Å²) in [6.07, 6.45) is 0. The number of fused-ring (bicyclic) bond motifs is 1. The molecule has 26 heavy (non-hydrogen) atoms. The number of methoxy groups -OCH3 is 2. The first kappa shape index (κ1) is 17.9. The summed E-state index contributed by atoms with van der Waals surface area (Å²) in [6.45, 7) is 2.21. The predicted octanol–water partition coefficient (Wildman–Crippen LogP) is 2.67. The number of carbonyl (C=O) groups is 2. The molecule has 0 aliphatic heterocycles. The lowest BCUT2D eigenvalue weighted by molar-refractivity contribution is 0.0597. The van der Waals surface area contributed by atoms with Crippen LogP contribution in [0.25, 0.3) is 10.2 Å². The van der Waals surface area contributed by atoms with E-state index in [0.717, 1.165) is 21.5 Å². The number of ether oxygens (including phenoxy) is 2. The zero-order valence-corrected chi connectivity index (χ0v) is 15.8. The van der Waals surface area contributed by atoms with Crippen LogP contribution in [0.4, 0.5) is 0 Å². The molecule has 0 aliphatic carbocycles. The molecule has 0 radical (unpaired) electrons. The van der Waals surface area contributed by atoms with Crippen LogP contribution in [0.2, 0.25) is 0 Å². The summed E-state index contributed by atoms with van der Waals surface area (Å²) in [5, 5.41) is 8.20. The number of rotatable bonds is 5. The average Bonchev–Trinajstić information content (AvgIpc) is 3.20. The smallest absolute Gasteiger partial charge is 0.341 e. The van der Waals surface area contributed by atoms with Crippen molar-refractivity contribution in [3.8, 4) is 5.75 Å². The van der Waals surface area contributed by atoms with E-state index in [4.69, 9.17) is 9.47 Å². The third kappa shape index (κ3) is 3.28. The Bertz CT molecular complexity index is 955. The lowest BCUT2D eigenvalue weighted by atomic mass is 10.1. The molecular weight excluding hydrogens is 354 g/mol. The minimum Gasteiger partial charge on any atom is -0.496 e. The molecule has 7 nitrogen and oxygen atoms in total. The van der Waals surface area contributed by atoms with Gasteiger partial charge in [-0.15, -0.1) is 11.3 Å². The van der Waals surface area contributed by atoms with Crippen LogP contribution in [0.15, 0.2) is 24.3 Å². The van der Waals surface area contributed by atoms with Crippen LogP contribution in [0.5, 0.6) is 5.75 Å². The molecule has 0 atom stereocenters. The monoisotopic (exact) mass is 373 g/mol. The van der Waals surface area contributed by atoms with E-state index in [0.29, 0.717) is 16.2 Å². The predicted molar refractivity (Wildman–Crippen MR) is 98.8 cm³/mol. The third-order valence-electron chi connectivity index (χ3n) is 4.04. The summed E-state index contributed by atoms with van der Waals surface area (Å²) in [5.74, 6) is -0.219. The van der Waals surface area contributed by atoms with Crippen molar-refractivity contribution in [3.63, 3.8) is 0 Å². The van der Waals surface area contributed by atoms with E-state index in [1.165, 1.54) is 25.6 Å². The lowest BCUT2D eigenvalue weighted by Gasteiger charge is -2.10. The fourth-order valence-electron chi connectivity index (χ4n) is 2.72. The van der Waals surface area contributed by atoms with E-state index < -0.39 is 5.97 Å². The highest BCUT2D eigenvalue weighted by molar-refractivity contribution is 7.20. The Labute approximate surface area is 154 Å². The van der Waals surface area contributed by atoms with Gasteiger partial charge in [0.1, 0.15) is 16.1 Å². The van der Waals surface area contributed by atoms with Gasteiger partial charge < -0.3 is 14.8 Å². The number of thiophene rings is 1. The van der Waals surface area contributed by atoms with Crippen LogP contribution in [0, 0.1) is 6.92 Å². The molecule has 3 rings (SSSR count). The summed E-state index contributed by atoms with van der Waals surface area (Å²) in [5.41, 5.74) is 2.00. The van der Waals surface area contributed by atoms with Gasteiger partial charge in [0, 0.05) is 19.0 Å². The number of hydrogen-bond acceptors (Lipinski definition) is 6. The Morgan fingerprint density at radius 1 is 1.27 bits per heavy atom. The van der Waals surface area contributed by atoms with E-state index in [1.807, 2.05) is 20.0 Å². The van der Waals surface area contributed by atoms with Crippen molar-refractivity contribution in [3.05, 3.63) is 46.0 Å². The molecule has 0 aliphatic rings. The number of aromatic nitrogens is 2. The SMILES string of the molecule is COC(=O)c1cc(CNC(=O)c2cc3c(C)nn(C)c3s2)ccc1OC. The highest BCUT2D eigenvalue weighted by Crippen LogP contribution is 2.27. The standard InChI is InChI=1S/C18H19N3O4S/c1-10-12-8-15(26-17(12)21(2)20-10)16(22)19-9-11-5-6-14(24-3)13(7-11)18(23)25-4/h5-8H,9H2,1-4H3,(H,19,22). The second-order valence-corrected chi connectivity index (χ2v) is 6.78. The normalized spacial score (nSPS) is 10.8. The maximum absolute atomic E-state index is 12.5. The number of benzene rings is 1. The molecule has 0 fully saturated rings. The topological polar surface area (TPSA) is 82.5 Å². The maximum Gasteiger partial charge on any atom is 0.341 e. The molecule has 0 unspecified atom stereocenters. The summed E-state index contributed by atoms with van der Waals surface area (Å²) < 4.78 is 11.7. The minimum atomic E-state index is -0.484. The Kier molecular flexibility index (Phi) is 4.94. The average molecular weight is 373 g/mol. The van der Waals surface area contributed by atoms with Crippen LogP contribution < -0.4 is 10.1 Å². The van der Waals surface area contributed by atoms with Crippen molar-refractivity contribution < 1.29 is 19.1 Å². The molecule has 1 amide bonds. The lowest BCUT2D eigenvalue weighted by Crippen LogP contribution is -2.22. The molecule has 2 heterocycles. The number of hydrogen-bond donors (Lipinski definition) is 1. The number of amides is 1. The van der Waals surface area contributed by atoms with Crippen LogP contribution in [-0.4, -0.2) is 35.9 Å². The zero-order chi connectivity index (χ0) is 18.8. The number of nitrogens with zero attached hydrogens (tertiary/aromatic N) is 2. The highest BCUT2D eigenvalue weighted by atomic mass is 32.1. The van der Waals surface area contributed by atoms with Crippen LogP contribution >= 0.6 is 11.3 Å². The van der Waals surface area contributed by atoms with Crippen LogP contribution in [-0.2, 0) is 18.3 Å². The summed E-state index contributed by atoms with van der Waals surface area (Å²) >= 11 is 1.40. The summed E-state index contributed by atoms with van der Waals surface area (Å²) in [7, 11) is 4.66. The minimum absolute atomic E-state index is 0.166. The molecule has 1 aromatic carbocycles. The van der Waals surface area contributed by atoms with Crippen LogP contribution in [0.3, 0.4) is 0 Å². The number of esters is 1. The van der Waals surface area contributed by atoms with Gasteiger partial charge in [0.05, 0.1) is 24.8 Å². The first-order valence-electron chi connectivity index (χ1n) is 7.91. The number of carbonyl (C=O) groups excluding carboxylic acids is 2. The van der Waals surface area contributed by atoms with E-state index in [9.17, 15) is 9.59 Å². The van der Waals surface area contributed by atoms with Crippen molar-refractivity contribution in [1.29, 1.82) is 0 Å². The van der Waals surface area contributed by atoms with Gasteiger partial charge in [0.15, 0.2) is 0 Å². The summed E-state index contributed by atoms with van der Waals surface area (Å²) in [4.78, 5) is 25.9. The molecule has 3 aromatic rings. The fourth-order valence-corrected chi connectivity index (χ4v) is 3.76. The van der Waals surface area contributed by atoms with Gasteiger partial charge in [0.25, 0.3) is 5.91 Å². The largest absolute Gasteiger partial charge is 0.496 e. The molecule has 1 N–H and O–H groups in total. The van der Waals surface area contributed by atoms with Crippen molar-refractivity contribution in [2.24, 2.45) is 7.05 Å². The van der Waals surface area contributed by atoms with Crippen molar-refractivity contribution in [2.45, 2.75) is 13.5 Å². The second kappa shape index (κ2) is 7.17. The van der Waals surface area contributed by atoms with Gasteiger partial charge >= 0.3 is 5.97 Å². The molecule has 0 bridgehead atoms. The van der Waals surface area contributed by atoms with E-state index in [2.05, 4.69) is 10.4 Å². The second-order valence-electron chi connectivity index (χ2n) is 5.75. The molecule has 0 saturated carbocycles. The first-order valence-corrected chi connectivity index (χ1v) is 8.72. The van der Waals surface area contributed by atoms with E-state index in [-0.39, 0.29) is 12.5 Å². The van der Waals surface area contributed by atoms with Gasteiger partial charge in [-0.1, -0.05) is 6.07 Å². The molecule has 2 aromatic heterocycles. The van der Waals surface area contributed by atoms with Gasteiger partial charge in [-0.05, 0) is 30.7 Å². The first-order chi connectivity index (χ1) is 12.4. The third-order valence-corrected chi connectivity index (χ3v) is 5.24. The van der Waals surface area contributed by atoms with Crippen molar-refractivity contribution in [1.82, 2.24) is 15.1 Å². The highest BCUT2D eigenvalue weighted by Gasteiger charge is 2.16. The Morgan fingerprint density at radius 3 is 2.69 bits per heavy atom. The summed E-state index contributed by atoms with van der Waals surface area (Å²) in [6, 6.07) is 6.99. The quantitative estimate of drug-likeness (QED) is 0.695. The van der Waals surface area contributed by atoms with E-state index in [1.54, 1.807) is 22.9 Å². The molecular formula is C18H19N3O4S. The number of aryl methyl sites for hydroxylation is 2. The molecule has 0 spiro atoms. The Morgan fingerprint density at radius 2 is 2.04 bits per heavy atom. The van der Waals surface area contributed by atoms with Gasteiger partial charge in [-0.25, -0.2) is 4.79 Å². The van der Waals surface area contributed by atoms with Crippen molar-refractivity contribution >= 4 is 33.4 Å². The van der Waals surface area contributed by atoms with Gasteiger partial charge in [-0.3, -0.25) is 9.48 Å². The molecule has 136 valence electrons. The van der Waals surface area contributed by atoms with Gasteiger partial charge in [-0.2, -0.15) is 5.10 Å². The maximum atomic E-state index is 12.5. The van der Waals surface area contributed by atoms with Crippen molar-refractivity contribution in [2.75, 3.05) is 14.2 Å². The number of nitrogens with one attached hydrogen (secondary N) is 1. The van der Waals surface area contributed by atoms with Crippen LogP contribution in [0.1, 0.15) is 31.3 Å². The van der Waals surface area contributed by atoms with Gasteiger partial charge in [0.2, 0.25) is 0 Å². The zero-order valence-electron chi connectivity index (χ0n) is 15.0. The fraction of sp³-hybridized carbons (Fsp3) is 0.278.